The Kier molecular flexibility index (Phi) is 3.44. The number of unbranched alkanes of at least 4 members (excludes halogenated alkanes) is 1. The molecule has 0 aliphatic carbocycles. The van der Waals surface area contributed by atoms with Crippen molar-refractivity contribution in [3.05, 3.63) is 29.6 Å². The van der Waals surface area contributed by atoms with Crippen LogP contribution in [0.1, 0.15) is 44.3 Å². The first-order valence-corrected chi connectivity index (χ1v) is 5.85. The zero-order chi connectivity index (χ0) is 11.5. The summed E-state index contributed by atoms with van der Waals surface area (Å²) in [4.78, 5) is 0. The van der Waals surface area contributed by atoms with Crippen LogP contribution in [0.4, 0.5) is 4.39 Å². The van der Waals surface area contributed by atoms with E-state index in [0.717, 1.165) is 19.3 Å². The van der Waals surface area contributed by atoms with Gasteiger partial charge >= 0.3 is 0 Å². The molecular formula is C13H17FO2. The smallest absolute Gasteiger partial charge is 0.125 e. The molecule has 0 radical (unpaired) electrons. The number of rotatable bonds is 3. The maximum atomic E-state index is 13.0. The third kappa shape index (κ3) is 2.35. The van der Waals surface area contributed by atoms with E-state index in [2.05, 4.69) is 6.92 Å². The maximum absolute atomic E-state index is 13.0. The molecule has 3 heteroatoms. The molecule has 1 aliphatic heterocycles. The van der Waals surface area contributed by atoms with Crippen LogP contribution >= 0.6 is 0 Å². The zero-order valence-corrected chi connectivity index (χ0v) is 9.45. The minimum atomic E-state index is -0.596. The van der Waals surface area contributed by atoms with Crippen molar-refractivity contribution in [2.45, 2.75) is 44.8 Å². The molecule has 1 N–H and O–H groups in total. The van der Waals surface area contributed by atoms with E-state index in [9.17, 15) is 9.50 Å². The first-order chi connectivity index (χ1) is 7.70. The lowest BCUT2D eigenvalue weighted by atomic mass is 9.96. The predicted molar refractivity (Wildman–Crippen MR) is 59.9 cm³/mol. The Labute approximate surface area is 95.1 Å². The Morgan fingerprint density at radius 1 is 1.50 bits per heavy atom. The molecule has 0 saturated heterocycles. The van der Waals surface area contributed by atoms with Gasteiger partial charge < -0.3 is 9.84 Å². The summed E-state index contributed by atoms with van der Waals surface area (Å²) >= 11 is 0. The SMILES string of the molecule is CCCCC1C[C@@H](O)c2cc(F)ccc2O1. The molecule has 0 fully saturated rings. The number of hydrogen-bond acceptors (Lipinski definition) is 2. The van der Waals surface area contributed by atoms with Gasteiger partial charge in [0.15, 0.2) is 0 Å². The lowest BCUT2D eigenvalue weighted by Crippen LogP contribution is -2.25. The van der Waals surface area contributed by atoms with Gasteiger partial charge in [0.25, 0.3) is 0 Å². The topological polar surface area (TPSA) is 29.5 Å². The average molecular weight is 224 g/mol. The standard InChI is InChI=1S/C13H17FO2/c1-2-3-4-10-8-12(15)11-7-9(14)5-6-13(11)16-10/h5-7,10,12,15H,2-4,8H2,1H3/t10?,12-/m1/s1. The molecule has 1 unspecified atom stereocenters. The van der Waals surface area contributed by atoms with Crippen LogP contribution in [0.2, 0.25) is 0 Å². The summed E-state index contributed by atoms with van der Waals surface area (Å²) in [5.74, 6) is 0.301. The van der Waals surface area contributed by atoms with Gasteiger partial charge in [0.05, 0.1) is 6.10 Å². The highest BCUT2D eigenvalue weighted by Gasteiger charge is 2.26. The third-order valence-electron chi connectivity index (χ3n) is 2.99. The number of halogens is 1. The molecule has 0 bridgehead atoms. The van der Waals surface area contributed by atoms with Crippen molar-refractivity contribution < 1.29 is 14.2 Å². The number of fused-ring (bicyclic) bond motifs is 1. The highest BCUT2D eigenvalue weighted by molar-refractivity contribution is 5.37. The van der Waals surface area contributed by atoms with Gasteiger partial charge in [0.1, 0.15) is 17.7 Å². The Morgan fingerprint density at radius 3 is 3.06 bits per heavy atom. The second-order valence-electron chi connectivity index (χ2n) is 4.32. The summed E-state index contributed by atoms with van der Waals surface area (Å²) in [6, 6.07) is 4.33. The Morgan fingerprint density at radius 2 is 2.31 bits per heavy atom. The van der Waals surface area contributed by atoms with Gasteiger partial charge in [0, 0.05) is 12.0 Å². The quantitative estimate of drug-likeness (QED) is 0.854. The van der Waals surface area contributed by atoms with Crippen LogP contribution in [0.3, 0.4) is 0 Å². The number of ether oxygens (including phenoxy) is 1. The van der Waals surface area contributed by atoms with Crippen molar-refractivity contribution >= 4 is 0 Å². The summed E-state index contributed by atoms with van der Waals surface area (Å²) in [5, 5.41) is 9.91. The molecule has 88 valence electrons. The lowest BCUT2D eigenvalue weighted by molar-refractivity contribution is 0.0603. The van der Waals surface area contributed by atoms with Crippen LogP contribution in [-0.2, 0) is 0 Å². The molecule has 0 spiro atoms. The first kappa shape index (κ1) is 11.4. The van der Waals surface area contributed by atoms with Gasteiger partial charge in [-0.25, -0.2) is 4.39 Å². The summed E-state index contributed by atoms with van der Waals surface area (Å²) in [7, 11) is 0. The van der Waals surface area contributed by atoms with E-state index in [4.69, 9.17) is 4.74 Å². The summed E-state index contributed by atoms with van der Waals surface area (Å²) < 4.78 is 18.7. The third-order valence-corrected chi connectivity index (χ3v) is 2.99. The summed E-state index contributed by atoms with van der Waals surface area (Å²) in [5.41, 5.74) is 0.577. The first-order valence-electron chi connectivity index (χ1n) is 5.85. The summed E-state index contributed by atoms with van der Waals surface area (Å²) in [6.45, 7) is 2.13. The van der Waals surface area contributed by atoms with E-state index in [1.165, 1.54) is 12.1 Å². The number of aliphatic hydroxyl groups excluding tert-OH is 1. The van der Waals surface area contributed by atoms with E-state index < -0.39 is 6.10 Å². The van der Waals surface area contributed by atoms with Crippen LogP contribution in [0.15, 0.2) is 18.2 Å². The van der Waals surface area contributed by atoms with E-state index in [0.29, 0.717) is 17.7 Å². The summed E-state index contributed by atoms with van der Waals surface area (Å²) in [6.07, 6.45) is 3.19. The van der Waals surface area contributed by atoms with Crippen molar-refractivity contribution in [3.63, 3.8) is 0 Å². The van der Waals surface area contributed by atoms with Crippen LogP contribution in [-0.4, -0.2) is 11.2 Å². The Balaban J connectivity index is 2.13. The van der Waals surface area contributed by atoms with Crippen LogP contribution in [0, 0.1) is 5.82 Å². The van der Waals surface area contributed by atoms with Gasteiger partial charge in [-0.05, 0) is 24.6 Å². The number of aliphatic hydroxyl groups is 1. The maximum Gasteiger partial charge on any atom is 0.125 e. The van der Waals surface area contributed by atoms with Gasteiger partial charge in [-0.3, -0.25) is 0 Å². The van der Waals surface area contributed by atoms with Crippen LogP contribution in [0.5, 0.6) is 5.75 Å². The normalized spacial score (nSPS) is 23.7. The number of benzene rings is 1. The van der Waals surface area contributed by atoms with E-state index in [1.54, 1.807) is 6.07 Å². The fourth-order valence-corrected chi connectivity index (χ4v) is 2.10. The minimum Gasteiger partial charge on any atom is -0.490 e. The van der Waals surface area contributed by atoms with Gasteiger partial charge in [-0.2, -0.15) is 0 Å². The van der Waals surface area contributed by atoms with Crippen molar-refractivity contribution in [3.8, 4) is 5.75 Å². The van der Waals surface area contributed by atoms with Crippen LogP contribution < -0.4 is 4.74 Å². The number of hydrogen-bond donors (Lipinski definition) is 1. The molecule has 2 atom stereocenters. The van der Waals surface area contributed by atoms with E-state index in [-0.39, 0.29) is 11.9 Å². The minimum absolute atomic E-state index is 0.0629. The second-order valence-corrected chi connectivity index (χ2v) is 4.32. The molecule has 1 aliphatic rings. The van der Waals surface area contributed by atoms with Crippen molar-refractivity contribution in [2.75, 3.05) is 0 Å². The molecule has 0 amide bonds. The van der Waals surface area contributed by atoms with Crippen molar-refractivity contribution in [2.24, 2.45) is 0 Å². The highest BCUT2D eigenvalue weighted by Crippen LogP contribution is 2.36. The molecule has 1 aromatic carbocycles. The largest absolute Gasteiger partial charge is 0.490 e. The molecule has 0 saturated carbocycles. The second kappa shape index (κ2) is 4.83. The van der Waals surface area contributed by atoms with E-state index >= 15 is 0 Å². The van der Waals surface area contributed by atoms with E-state index in [1.807, 2.05) is 0 Å². The van der Waals surface area contributed by atoms with Crippen LogP contribution in [0.25, 0.3) is 0 Å². The highest BCUT2D eigenvalue weighted by atomic mass is 19.1. The van der Waals surface area contributed by atoms with Gasteiger partial charge in [-0.1, -0.05) is 19.8 Å². The Hall–Kier alpha value is -1.09. The monoisotopic (exact) mass is 224 g/mol. The Bertz CT molecular complexity index is 365. The lowest BCUT2D eigenvalue weighted by Gasteiger charge is -2.29. The fraction of sp³-hybridized carbons (Fsp3) is 0.538. The van der Waals surface area contributed by atoms with Crippen molar-refractivity contribution in [1.82, 2.24) is 0 Å². The molecule has 2 nitrogen and oxygen atoms in total. The average Bonchev–Trinajstić information content (AvgIpc) is 2.27. The molecule has 2 rings (SSSR count). The molecule has 1 heterocycles. The zero-order valence-electron chi connectivity index (χ0n) is 9.45. The molecule has 0 aromatic heterocycles. The van der Waals surface area contributed by atoms with Gasteiger partial charge in [-0.15, -0.1) is 0 Å². The molecule has 1 aromatic rings. The molecule has 16 heavy (non-hydrogen) atoms. The molecular weight excluding hydrogens is 207 g/mol. The van der Waals surface area contributed by atoms with Crippen molar-refractivity contribution in [1.29, 1.82) is 0 Å². The predicted octanol–water partition coefficient (Wildman–Crippen LogP) is 3.20. The van der Waals surface area contributed by atoms with Gasteiger partial charge in [0.2, 0.25) is 0 Å². The fourth-order valence-electron chi connectivity index (χ4n) is 2.10.